The number of rotatable bonds is 5. The molecule has 0 N–H and O–H groups in total. The molecule has 3 rings (SSSR count). The summed E-state index contributed by atoms with van der Waals surface area (Å²) in [6, 6.07) is 0. The van der Waals surface area contributed by atoms with Crippen molar-refractivity contribution >= 4 is 15.9 Å². The number of hydrogen-bond donors (Lipinski definition) is 0. The summed E-state index contributed by atoms with van der Waals surface area (Å²) in [6.07, 6.45) is 4.56. The number of ether oxygens (including phenoxy) is 2. The van der Waals surface area contributed by atoms with Crippen molar-refractivity contribution in [2.75, 3.05) is 40.4 Å². The first-order chi connectivity index (χ1) is 11.3. The van der Waals surface area contributed by atoms with E-state index < -0.39 is 10.0 Å². The van der Waals surface area contributed by atoms with Crippen molar-refractivity contribution in [2.24, 2.45) is 0 Å². The van der Waals surface area contributed by atoms with Crippen LogP contribution in [-0.4, -0.2) is 80.9 Å². The maximum atomic E-state index is 12.3. The van der Waals surface area contributed by atoms with Gasteiger partial charge in [-0.05, 0) is 32.1 Å². The van der Waals surface area contributed by atoms with E-state index in [2.05, 4.69) is 0 Å². The Hall–Kier alpha value is -0.700. The van der Waals surface area contributed by atoms with Crippen LogP contribution in [0.25, 0.3) is 0 Å². The number of likely N-dealkylation sites (N-methyl/N-ethyl adjacent to an activating group) is 1. The summed E-state index contributed by atoms with van der Waals surface area (Å²) in [6.45, 7) is 1.76. The standard InChI is InChI=1S/C16H28N2O5S/c1-17(2)15(19)12-22-13-5-10-23-16(11-13)6-8-18(9-7-16)24(20,21)14-3-4-14/h13-14H,3-12H2,1-2H3. The van der Waals surface area contributed by atoms with Gasteiger partial charge in [0.15, 0.2) is 0 Å². The first kappa shape index (κ1) is 18.1. The molecule has 1 atom stereocenters. The molecule has 2 saturated heterocycles. The van der Waals surface area contributed by atoms with Crippen molar-refractivity contribution in [3.8, 4) is 0 Å². The molecule has 0 bridgehead atoms. The Labute approximate surface area is 144 Å². The number of hydrogen-bond acceptors (Lipinski definition) is 5. The van der Waals surface area contributed by atoms with Crippen LogP contribution in [0, 0.1) is 0 Å². The maximum absolute atomic E-state index is 12.3. The van der Waals surface area contributed by atoms with Crippen LogP contribution in [-0.2, 0) is 24.3 Å². The van der Waals surface area contributed by atoms with Crippen molar-refractivity contribution in [3.63, 3.8) is 0 Å². The Bertz CT molecular complexity index is 565. The third-order valence-corrected chi connectivity index (χ3v) is 7.73. The molecule has 1 spiro atoms. The zero-order valence-electron chi connectivity index (χ0n) is 14.6. The molecule has 1 saturated carbocycles. The minimum atomic E-state index is -3.09. The molecule has 3 aliphatic rings. The zero-order chi connectivity index (χ0) is 17.4. The summed E-state index contributed by atoms with van der Waals surface area (Å²) < 4.78 is 38.1. The van der Waals surface area contributed by atoms with E-state index in [9.17, 15) is 13.2 Å². The monoisotopic (exact) mass is 360 g/mol. The zero-order valence-corrected chi connectivity index (χ0v) is 15.4. The van der Waals surface area contributed by atoms with Crippen LogP contribution < -0.4 is 0 Å². The highest BCUT2D eigenvalue weighted by molar-refractivity contribution is 7.90. The van der Waals surface area contributed by atoms with Gasteiger partial charge in [-0.3, -0.25) is 4.79 Å². The van der Waals surface area contributed by atoms with Gasteiger partial charge in [-0.25, -0.2) is 12.7 Å². The van der Waals surface area contributed by atoms with Gasteiger partial charge < -0.3 is 14.4 Å². The molecule has 2 aliphatic heterocycles. The highest BCUT2D eigenvalue weighted by atomic mass is 32.2. The van der Waals surface area contributed by atoms with Gasteiger partial charge in [0.05, 0.1) is 17.0 Å². The molecule has 8 heteroatoms. The van der Waals surface area contributed by atoms with Gasteiger partial charge in [0.2, 0.25) is 15.9 Å². The quantitative estimate of drug-likeness (QED) is 0.717. The van der Waals surface area contributed by atoms with E-state index in [1.54, 1.807) is 18.4 Å². The molecule has 1 unspecified atom stereocenters. The molecular formula is C16H28N2O5S. The summed E-state index contributed by atoms with van der Waals surface area (Å²) in [4.78, 5) is 13.2. The van der Waals surface area contributed by atoms with Crippen molar-refractivity contribution in [2.45, 2.75) is 55.5 Å². The minimum absolute atomic E-state index is 0.00855. The van der Waals surface area contributed by atoms with E-state index >= 15 is 0 Å². The van der Waals surface area contributed by atoms with Crippen LogP contribution in [0.1, 0.15) is 38.5 Å². The van der Waals surface area contributed by atoms with E-state index in [0.29, 0.717) is 32.5 Å². The fraction of sp³-hybridized carbons (Fsp3) is 0.938. The molecule has 0 aromatic carbocycles. The Morgan fingerprint density at radius 1 is 1.25 bits per heavy atom. The van der Waals surface area contributed by atoms with Crippen LogP contribution in [0.2, 0.25) is 0 Å². The Morgan fingerprint density at radius 3 is 2.50 bits per heavy atom. The fourth-order valence-corrected chi connectivity index (χ4v) is 5.36. The lowest BCUT2D eigenvalue weighted by Gasteiger charge is -2.45. The average molecular weight is 360 g/mol. The number of carbonyl (C=O) groups excluding carboxylic acids is 1. The van der Waals surface area contributed by atoms with Crippen LogP contribution in [0.4, 0.5) is 0 Å². The Balaban J connectivity index is 1.52. The second kappa shape index (κ2) is 6.90. The lowest BCUT2D eigenvalue weighted by molar-refractivity contribution is -0.159. The number of amides is 1. The maximum Gasteiger partial charge on any atom is 0.248 e. The molecule has 1 aliphatic carbocycles. The predicted molar refractivity (Wildman–Crippen MR) is 89.1 cm³/mol. The van der Waals surface area contributed by atoms with E-state index in [1.807, 2.05) is 0 Å². The molecule has 24 heavy (non-hydrogen) atoms. The molecule has 7 nitrogen and oxygen atoms in total. The summed E-state index contributed by atoms with van der Waals surface area (Å²) in [5.74, 6) is -0.0408. The highest BCUT2D eigenvalue weighted by Crippen LogP contribution is 2.39. The molecule has 1 amide bonds. The topological polar surface area (TPSA) is 76.2 Å². The second-order valence-corrected chi connectivity index (χ2v) is 9.60. The first-order valence-corrected chi connectivity index (χ1v) is 10.3. The van der Waals surface area contributed by atoms with Gasteiger partial charge >= 0.3 is 0 Å². The van der Waals surface area contributed by atoms with Gasteiger partial charge in [-0.15, -0.1) is 0 Å². The fourth-order valence-electron chi connectivity index (χ4n) is 3.52. The lowest BCUT2D eigenvalue weighted by Crippen LogP contribution is -2.52. The third kappa shape index (κ3) is 3.92. The summed E-state index contributed by atoms with van der Waals surface area (Å²) in [5.41, 5.74) is -0.292. The van der Waals surface area contributed by atoms with Gasteiger partial charge in [0.25, 0.3) is 0 Å². The predicted octanol–water partition coefficient (Wildman–Crippen LogP) is 0.597. The Morgan fingerprint density at radius 2 is 1.92 bits per heavy atom. The summed E-state index contributed by atoms with van der Waals surface area (Å²) in [7, 11) is 0.339. The van der Waals surface area contributed by atoms with Gasteiger partial charge in [0, 0.05) is 40.2 Å². The van der Waals surface area contributed by atoms with E-state index in [-0.39, 0.29) is 29.5 Å². The number of nitrogens with zero attached hydrogens (tertiary/aromatic N) is 2. The van der Waals surface area contributed by atoms with Crippen molar-refractivity contribution in [3.05, 3.63) is 0 Å². The normalized spacial score (nSPS) is 28.0. The smallest absolute Gasteiger partial charge is 0.248 e. The van der Waals surface area contributed by atoms with Gasteiger partial charge in [0.1, 0.15) is 6.61 Å². The molecular weight excluding hydrogens is 332 g/mol. The molecule has 0 radical (unpaired) electrons. The largest absolute Gasteiger partial charge is 0.375 e. The van der Waals surface area contributed by atoms with E-state index in [4.69, 9.17) is 9.47 Å². The van der Waals surface area contributed by atoms with E-state index in [1.165, 1.54) is 4.90 Å². The number of piperidine rings is 1. The first-order valence-electron chi connectivity index (χ1n) is 8.77. The van der Waals surface area contributed by atoms with Gasteiger partial charge in [-0.1, -0.05) is 0 Å². The molecule has 0 aromatic rings. The summed E-state index contributed by atoms with van der Waals surface area (Å²) >= 11 is 0. The minimum Gasteiger partial charge on any atom is -0.375 e. The highest BCUT2D eigenvalue weighted by Gasteiger charge is 2.46. The van der Waals surface area contributed by atoms with Crippen LogP contribution in [0.5, 0.6) is 0 Å². The number of carbonyl (C=O) groups is 1. The molecule has 2 heterocycles. The van der Waals surface area contributed by atoms with Crippen molar-refractivity contribution < 1.29 is 22.7 Å². The summed E-state index contributed by atoms with van der Waals surface area (Å²) in [5, 5.41) is -0.146. The van der Waals surface area contributed by atoms with E-state index in [0.717, 1.165) is 25.7 Å². The average Bonchev–Trinajstić information content (AvgIpc) is 3.38. The number of sulfonamides is 1. The van der Waals surface area contributed by atoms with Crippen molar-refractivity contribution in [1.29, 1.82) is 0 Å². The van der Waals surface area contributed by atoms with Crippen molar-refractivity contribution in [1.82, 2.24) is 9.21 Å². The molecule has 0 aromatic heterocycles. The van der Waals surface area contributed by atoms with Crippen LogP contribution in [0.3, 0.4) is 0 Å². The lowest BCUT2D eigenvalue weighted by atomic mass is 9.84. The third-order valence-electron chi connectivity index (χ3n) is 5.33. The van der Waals surface area contributed by atoms with Crippen LogP contribution >= 0.6 is 0 Å². The second-order valence-electron chi connectivity index (χ2n) is 7.39. The molecule has 138 valence electrons. The Kier molecular flexibility index (Phi) is 5.20. The van der Waals surface area contributed by atoms with Crippen LogP contribution in [0.15, 0.2) is 0 Å². The van der Waals surface area contributed by atoms with Gasteiger partial charge in [-0.2, -0.15) is 0 Å². The SMILES string of the molecule is CN(C)C(=O)COC1CCOC2(CCN(S(=O)(=O)C3CC3)CC2)C1. The molecule has 3 fully saturated rings.